The molecule has 0 saturated heterocycles. The Bertz CT molecular complexity index is 280. The van der Waals surface area contributed by atoms with Gasteiger partial charge in [0.15, 0.2) is 5.11 Å². The number of nitrogens with one attached hydrogen (secondary N) is 1. The van der Waals surface area contributed by atoms with Gasteiger partial charge in [0.25, 0.3) is 0 Å². The van der Waals surface area contributed by atoms with Crippen molar-refractivity contribution < 1.29 is 0 Å². The minimum Gasteiger partial charge on any atom is -0.375 e. The lowest BCUT2D eigenvalue weighted by Gasteiger charge is -2.34. The van der Waals surface area contributed by atoms with Gasteiger partial charge in [-0.15, -0.1) is 0 Å². The van der Waals surface area contributed by atoms with Gasteiger partial charge in [-0.1, -0.05) is 19.3 Å². The van der Waals surface area contributed by atoms with Gasteiger partial charge >= 0.3 is 0 Å². The Morgan fingerprint density at radius 3 is 2.40 bits per heavy atom. The molecule has 3 nitrogen and oxygen atoms in total. The van der Waals surface area contributed by atoms with Crippen molar-refractivity contribution >= 4 is 23.0 Å². The summed E-state index contributed by atoms with van der Waals surface area (Å²) in [7, 11) is 0. The average molecular weight is 225 g/mol. The first-order valence-corrected chi connectivity index (χ1v) is 6.26. The summed E-state index contributed by atoms with van der Waals surface area (Å²) >= 11 is 4.79. The molecule has 0 aromatic carbocycles. The van der Waals surface area contributed by atoms with Gasteiger partial charge in [0.1, 0.15) is 0 Å². The summed E-state index contributed by atoms with van der Waals surface area (Å²) in [6, 6.07) is 0. The molecule has 2 fully saturated rings. The summed E-state index contributed by atoms with van der Waals surface area (Å²) in [6.45, 7) is 0. The summed E-state index contributed by atoms with van der Waals surface area (Å²) in [5, 5.41) is 4.70. The molecular formula is C11H19N3S. The van der Waals surface area contributed by atoms with Crippen molar-refractivity contribution in [2.75, 3.05) is 0 Å². The Hall–Kier alpha value is -0.640. The molecule has 0 amide bonds. The van der Waals surface area contributed by atoms with E-state index in [-0.39, 0.29) is 5.11 Å². The molecule has 4 heteroatoms. The van der Waals surface area contributed by atoms with E-state index in [4.69, 9.17) is 18.0 Å². The molecular weight excluding hydrogens is 206 g/mol. The molecule has 0 radical (unpaired) electrons. The smallest absolute Gasteiger partial charge is 0.184 e. The van der Waals surface area contributed by atoms with Crippen molar-refractivity contribution in [3.63, 3.8) is 0 Å². The fraction of sp³-hybridized carbons (Fsp3) is 0.818. The largest absolute Gasteiger partial charge is 0.375 e. The monoisotopic (exact) mass is 225 g/mol. The standard InChI is InChI=1S/C11H19N3S/c12-10(15)14-13-9-5-1-2-6-11(9)7-3-4-8-11/h1-8H2,(H3,12,14,15)/b13-9-. The van der Waals surface area contributed by atoms with Gasteiger partial charge in [-0.2, -0.15) is 5.10 Å². The zero-order valence-electron chi connectivity index (χ0n) is 9.09. The first-order chi connectivity index (χ1) is 7.23. The van der Waals surface area contributed by atoms with Crippen LogP contribution in [0.15, 0.2) is 5.10 Å². The van der Waals surface area contributed by atoms with Crippen LogP contribution in [0.3, 0.4) is 0 Å². The fourth-order valence-electron chi connectivity index (χ4n) is 3.05. The predicted octanol–water partition coefficient (Wildman–Crippen LogP) is 2.31. The molecule has 1 spiro atoms. The molecule has 15 heavy (non-hydrogen) atoms. The zero-order chi connectivity index (χ0) is 10.7. The van der Waals surface area contributed by atoms with E-state index in [2.05, 4.69) is 10.5 Å². The Balaban J connectivity index is 2.12. The van der Waals surface area contributed by atoms with Crippen molar-refractivity contribution in [1.29, 1.82) is 0 Å². The maximum absolute atomic E-state index is 5.41. The SMILES string of the molecule is NC(=S)N/N=C1/CCCCC12CCCC2. The molecule has 0 aliphatic heterocycles. The van der Waals surface area contributed by atoms with Gasteiger partial charge in [0.2, 0.25) is 0 Å². The van der Waals surface area contributed by atoms with Gasteiger partial charge in [-0.05, 0) is 44.3 Å². The van der Waals surface area contributed by atoms with Gasteiger partial charge in [-0.3, -0.25) is 5.43 Å². The van der Waals surface area contributed by atoms with Crippen LogP contribution in [0.2, 0.25) is 0 Å². The number of hydrazone groups is 1. The number of nitrogens with two attached hydrogens (primary N) is 1. The van der Waals surface area contributed by atoms with E-state index in [1.165, 1.54) is 50.7 Å². The quantitative estimate of drug-likeness (QED) is 0.532. The topological polar surface area (TPSA) is 50.4 Å². The number of nitrogens with zero attached hydrogens (tertiary/aromatic N) is 1. The second kappa shape index (κ2) is 4.47. The summed E-state index contributed by atoms with van der Waals surface area (Å²) in [5.41, 5.74) is 9.89. The molecule has 2 rings (SSSR count). The molecule has 0 aromatic heterocycles. The third-order valence-electron chi connectivity index (χ3n) is 3.79. The van der Waals surface area contributed by atoms with E-state index in [1.807, 2.05) is 0 Å². The van der Waals surface area contributed by atoms with E-state index in [0.717, 1.165) is 6.42 Å². The molecule has 84 valence electrons. The van der Waals surface area contributed by atoms with Crippen molar-refractivity contribution in [3.8, 4) is 0 Å². The summed E-state index contributed by atoms with van der Waals surface area (Å²) < 4.78 is 0. The molecule has 3 N–H and O–H groups in total. The highest BCUT2D eigenvalue weighted by Crippen LogP contribution is 2.47. The van der Waals surface area contributed by atoms with Crippen LogP contribution in [0.1, 0.15) is 51.4 Å². The Labute approximate surface area is 96.5 Å². The van der Waals surface area contributed by atoms with Crippen molar-refractivity contribution in [2.45, 2.75) is 51.4 Å². The number of hydrogen-bond acceptors (Lipinski definition) is 2. The Morgan fingerprint density at radius 2 is 1.80 bits per heavy atom. The lowest BCUT2D eigenvalue weighted by molar-refractivity contribution is 0.348. The number of rotatable bonds is 1. The lowest BCUT2D eigenvalue weighted by Crippen LogP contribution is -2.35. The predicted molar refractivity (Wildman–Crippen MR) is 66.7 cm³/mol. The van der Waals surface area contributed by atoms with Crippen LogP contribution in [-0.4, -0.2) is 10.8 Å². The van der Waals surface area contributed by atoms with Crippen LogP contribution in [-0.2, 0) is 0 Å². The van der Waals surface area contributed by atoms with Crippen molar-refractivity contribution in [3.05, 3.63) is 0 Å². The van der Waals surface area contributed by atoms with Crippen molar-refractivity contribution in [1.82, 2.24) is 5.43 Å². The van der Waals surface area contributed by atoms with Crippen LogP contribution < -0.4 is 11.2 Å². The van der Waals surface area contributed by atoms with E-state index < -0.39 is 0 Å². The number of hydrogen-bond donors (Lipinski definition) is 2. The Morgan fingerprint density at radius 1 is 1.20 bits per heavy atom. The van der Waals surface area contributed by atoms with Gasteiger partial charge in [-0.25, -0.2) is 0 Å². The highest BCUT2D eigenvalue weighted by molar-refractivity contribution is 7.80. The minimum absolute atomic E-state index is 0.279. The van der Waals surface area contributed by atoms with E-state index >= 15 is 0 Å². The first kappa shape index (κ1) is 10.9. The van der Waals surface area contributed by atoms with Crippen LogP contribution in [0.5, 0.6) is 0 Å². The van der Waals surface area contributed by atoms with Gasteiger partial charge < -0.3 is 5.73 Å². The van der Waals surface area contributed by atoms with Crippen LogP contribution in [0.4, 0.5) is 0 Å². The molecule has 2 aliphatic rings. The minimum atomic E-state index is 0.279. The van der Waals surface area contributed by atoms with E-state index in [0.29, 0.717) is 5.41 Å². The van der Waals surface area contributed by atoms with E-state index in [1.54, 1.807) is 0 Å². The molecule has 0 aromatic rings. The Kier molecular flexibility index (Phi) is 3.24. The second-order valence-electron chi connectivity index (χ2n) is 4.73. The van der Waals surface area contributed by atoms with Crippen molar-refractivity contribution in [2.24, 2.45) is 16.3 Å². The maximum atomic E-state index is 5.41. The van der Waals surface area contributed by atoms with Crippen LogP contribution >= 0.6 is 12.2 Å². The van der Waals surface area contributed by atoms with Gasteiger partial charge in [0.05, 0.1) is 0 Å². The summed E-state index contributed by atoms with van der Waals surface area (Å²) in [4.78, 5) is 0. The van der Waals surface area contributed by atoms with Crippen LogP contribution in [0, 0.1) is 5.41 Å². The third-order valence-corrected chi connectivity index (χ3v) is 3.88. The highest BCUT2D eigenvalue weighted by atomic mass is 32.1. The fourth-order valence-corrected chi connectivity index (χ4v) is 3.10. The molecule has 0 heterocycles. The highest BCUT2D eigenvalue weighted by Gasteiger charge is 2.40. The molecule has 2 aliphatic carbocycles. The lowest BCUT2D eigenvalue weighted by atomic mass is 9.71. The third kappa shape index (κ3) is 2.30. The first-order valence-electron chi connectivity index (χ1n) is 5.85. The summed E-state index contributed by atoms with van der Waals surface area (Å²) in [6.07, 6.45) is 10.4. The molecule has 0 bridgehead atoms. The maximum Gasteiger partial charge on any atom is 0.184 e. The summed E-state index contributed by atoms with van der Waals surface area (Å²) in [5.74, 6) is 0. The van der Waals surface area contributed by atoms with Gasteiger partial charge in [0, 0.05) is 11.1 Å². The average Bonchev–Trinajstić information content (AvgIpc) is 2.66. The molecule has 0 atom stereocenters. The second-order valence-corrected chi connectivity index (χ2v) is 5.17. The number of thiocarbonyl (C=S) groups is 1. The van der Waals surface area contributed by atoms with Crippen LogP contribution in [0.25, 0.3) is 0 Å². The molecule has 0 unspecified atom stereocenters. The zero-order valence-corrected chi connectivity index (χ0v) is 9.91. The van der Waals surface area contributed by atoms with E-state index in [9.17, 15) is 0 Å². The molecule has 2 saturated carbocycles. The normalized spacial score (nSPS) is 27.1.